The smallest absolute Gasteiger partial charge is 0.248 e. The summed E-state index contributed by atoms with van der Waals surface area (Å²) in [5.74, 6) is -0.205. The summed E-state index contributed by atoms with van der Waals surface area (Å²) in [6.07, 6.45) is 2.62. The molecule has 0 saturated carbocycles. The summed E-state index contributed by atoms with van der Waals surface area (Å²) in [4.78, 5) is 28.3. The molecule has 1 aliphatic heterocycles. The van der Waals surface area contributed by atoms with E-state index in [9.17, 15) is 9.59 Å². The van der Waals surface area contributed by atoms with E-state index >= 15 is 0 Å². The monoisotopic (exact) mass is 330 g/mol. The molecule has 0 spiro atoms. The van der Waals surface area contributed by atoms with E-state index in [4.69, 9.17) is 10.5 Å². The Kier molecular flexibility index (Phi) is 4.80. The van der Waals surface area contributed by atoms with E-state index in [2.05, 4.69) is 17.2 Å². The van der Waals surface area contributed by atoms with Crippen LogP contribution in [0.4, 0.5) is 5.95 Å². The van der Waals surface area contributed by atoms with Gasteiger partial charge >= 0.3 is 0 Å². The van der Waals surface area contributed by atoms with Gasteiger partial charge in [0.05, 0.1) is 23.6 Å². The summed E-state index contributed by atoms with van der Waals surface area (Å²) >= 11 is 0. The second-order valence-electron chi connectivity index (χ2n) is 6.06. The molecular weight excluding hydrogens is 308 g/mol. The van der Waals surface area contributed by atoms with Crippen LogP contribution in [-0.2, 0) is 16.1 Å². The molecule has 1 fully saturated rings. The predicted octanol–water partition coefficient (Wildman–Crippen LogP) is 1.91. The van der Waals surface area contributed by atoms with Crippen LogP contribution in [-0.4, -0.2) is 34.6 Å². The zero-order valence-corrected chi connectivity index (χ0v) is 13.7. The molecule has 7 nitrogen and oxygen atoms in total. The molecule has 0 radical (unpaired) electrons. The Hall–Kier alpha value is -2.41. The number of rotatable bonds is 5. The highest BCUT2D eigenvalue weighted by Crippen LogP contribution is 2.23. The summed E-state index contributed by atoms with van der Waals surface area (Å²) in [7, 11) is 0. The van der Waals surface area contributed by atoms with Crippen LogP contribution in [0.3, 0.4) is 0 Å². The van der Waals surface area contributed by atoms with Crippen molar-refractivity contribution < 1.29 is 14.3 Å². The van der Waals surface area contributed by atoms with Gasteiger partial charge in [-0.1, -0.05) is 6.92 Å². The minimum atomic E-state index is -0.494. The molecule has 1 aromatic carbocycles. The third-order valence-electron chi connectivity index (χ3n) is 4.25. The van der Waals surface area contributed by atoms with Crippen LogP contribution in [0.25, 0.3) is 11.0 Å². The number of aromatic nitrogens is 2. The quantitative estimate of drug-likeness (QED) is 0.874. The van der Waals surface area contributed by atoms with Crippen LogP contribution in [0.1, 0.15) is 36.5 Å². The molecule has 1 atom stereocenters. The minimum absolute atomic E-state index is 0.0718. The second kappa shape index (κ2) is 7.00. The van der Waals surface area contributed by atoms with Gasteiger partial charge in [0.15, 0.2) is 0 Å². The summed E-state index contributed by atoms with van der Waals surface area (Å²) in [5, 5.41) is 2.92. The molecule has 0 bridgehead atoms. The Morgan fingerprint density at radius 2 is 2.29 bits per heavy atom. The number of nitrogens with zero attached hydrogens (tertiary/aromatic N) is 2. The van der Waals surface area contributed by atoms with Crippen LogP contribution in [0, 0.1) is 5.92 Å². The first-order valence-corrected chi connectivity index (χ1v) is 8.29. The number of primary amides is 1. The highest BCUT2D eigenvalue weighted by atomic mass is 16.5. The molecule has 1 aliphatic rings. The van der Waals surface area contributed by atoms with Gasteiger partial charge in [0.2, 0.25) is 17.8 Å². The number of aryl methyl sites for hydroxylation is 1. The molecule has 24 heavy (non-hydrogen) atoms. The maximum absolute atomic E-state index is 12.5. The van der Waals surface area contributed by atoms with Crippen LogP contribution in [0.2, 0.25) is 0 Å². The lowest BCUT2D eigenvalue weighted by atomic mass is 10.0. The molecule has 1 aromatic heterocycles. The van der Waals surface area contributed by atoms with Crippen molar-refractivity contribution in [2.45, 2.75) is 32.7 Å². The molecule has 128 valence electrons. The Labute approximate surface area is 140 Å². The first kappa shape index (κ1) is 16.4. The molecule has 2 amide bonds. The van der Waals surface area contributed by atoms with Gasteiger partial charge in [-0.25, -0.2) is 4.98 Å². The Balaban J connectivity index is 1.91. The highest BCUT2D eigenvalue weighted by molar-refractivity contribution is 5.97. The minimum Gasteiger partial charge on any atom is -0.381 e. The zero-order chi connectivity index (χ0) is 17.1. The number of imidazole rings is 1. The van der Waals surface area contributed by atoms with Gasteiger partial charge in [-0.05, 0) is 37.5 Å². The molecule has 1 saturated heterocycles. The van der Waals surface area contributed by atoms with E-state index in [0.717, 1.165) is 31.3 Å². The van der Waals surface area contributed by atoms with Gasteiger partial charge in [0, 0.05) is 18.7 Å². The predicted molar refractivity (Wildman–Crippen MR) is 90.7 cm³/mol. The van der Waals surface area contributed by atoms with Gasteiger partial charge in [-0.2, -0.15) is 0 Å². The number of hydrogen-bond donors (Lipinski definition) is 2. The number of nitrogens with two attached hydrogens (primary N) is 1. The highest BCUT2D eigenvalue weighted by Gasteiger charge is 2.23. The Bertz CT molecular complexity index is 763. The molecule has 3 N–H and O–H groups in total. The average Bonchev–Trinajstić information content (AvgIpc) is 2.92. The number of fused-ring (bicyclic) bond motifs is 1. The largest absolute Gasteiger partial charge is 0.381 e. The average molecular weight is 330 g/mol. The number of benzene rings is 1. The molecule has 3 rings (SSSR count). The van der Waals surface area contributed by atoms with E-state index in [1.165, 1.54) is 0 Å². The number of carbonyl (C=O) groups is 2. The number of anilines is 1. The number of hydrogen-bond acceptors (Lipinski definition) is 4. The molecule has 7 heteroatoms. The zero-order valence-electron chi connectivity index (χ0n) is 13.7. The van der Waals surface area contributed by atoms with E-state index in [1.54, 1.807) is 12.1 Å². The van der Waals surface area contributed by atoms with Gasteiger partial charge < -0.3 is 15.0 Å². The van der Waals surface area contributed by atoms with Crippen molar-refractivity contribution >= 4 is 28.8 Å². The van der Waals surface area contributed by atoms with Crippen molar-refractivity contribution in [1.29, 1.82) is 0 Å². The lowest BCUT2D eigenvalue weighted by Crippen LogP contribution is -2.31. The van der Waals surface area contributed by atoms with Gasteiger partial charge in [-0.15, -0.1) is 0 Å². The lowest BCUT2D eigenvalue weighted by molar-refractivity contribution is -0.123. The Morgan fingerprint density at radius 1 is 1.46 bits per heavy atom. The maximum atomic E-state index is 12.5. The Morgan fingerprint density at radius 3 is 2.96 bits per heavy atom. The van der Waals surface area contributed by atoms with E-state index in [1.807, 2.05) is 10.6 Å². The topological polar surface area (TPSA) is 99.2 Å². The fraction of sp³-hybridized carbons (Fsp3) is 0.471. The number of nitrogens with one attached hydrogen (secondary N) is 1. The maximum Gasteiger partial charge on any atom is 0.248 e. The summed E-state index contributed by atoms with van der Waals surface area (Å²) in [5.41, 5.74) is 7.25. The fourth-order valence-electron chi connectivity index (χ4n) is 2.99. The first-order chi connectivity index (χ1) is 11.6. The summed E-state index contributed by atoms with van der Waals surface area (Å²) < 4.78 is 7.34. The molecule has 2 heterocycles. The third kappa shape index (κ3) is 3.26. The summed E-state index contributed by atoms with van der Waals surface area (Å²) in [6, 6.07) is 5.15. The molecule has 2 aromatic rings. The fourth-order valence-corrected chi connectivity index (χ4v) is 2.99. The van der Waals surface area contributed by atoms with Crippen molar-refractivity contribution in [2.75, 3.05) is 18.5 Å². The summed E-state index contributed by atoms with van der Waals surface area (Å²) in [6.45, 7) is 3.95. The van der Waals surface area contributed by atoms with Crippen LogP contribution in [0.15, 0.2) is 18.2 Å². The lowest BCUT2D eigenvalue weighted by Gasteiger charge is -2.21. The molecule has 0 unspecified atom stereocenters. The number of ether oxygens (including phenoxy) is 1. The number of amides is 2. The van der Waals surface area contributed by atoms with Gasteiger partial charge in [-0.3, -0.25) is 14.9 Å². The van der Waals surface area contributed by atoms with Crippen LogP contribution >= 0.6 is 0 Å². The standard InChI is InChI=1S/C17H22N4O3/c1-2-7-21-14-6-5-11(15(18)22)9-13(14)19-17(21)20-16(23)12-4-3-8-24-10-12/h5-6,9,12H,2-4,7-8,10H2,1H3,(H2,18,22)(H,19,20,23)/t12-/m0/s1. The molecule has 0 aliphatic carbocycles. The first-order valence-electron chi connectivity index (χ1n) is 8.29. The van der Waals surface area contributed by atoms with Crippen molar-refractivity contribution in [2.24, 2.45) is 11.7 Å². The third-order valence-corrected chi connectivity index (χ3v) is 4.25. The van der Waals surface area contributed by atoms with E-state index in [-0.39, 0.29) is 11.8 Å². The normalized spacial score (nSPS) is 17.8. The van der Waals surface area contributed by atoms with Crippen molar-refractivity contribution in [3.05, 3.63) is 23.8 Å². The second-order valence-corrected chi connectivity index (χ2v) is 6.06. The van der Waals surface area contributed by atoms with E-state index in [0.29, 0.717) is 30.2 Å². The van der Waals surface area contributed by atoms with Crippen LogP contribution in [0.5, 0.6) is 0 Å². The van der Waals surface area contributed by atoms with Gasteiger partial charge in [0.1, 0.15) is 0 Å². The SMILES string of the molecule is CCCn1c(NC(=O)[C@H]2CCCOC2)nc2cc(C(N)=O)ccc21. The van der Waals surface area contributed by atoms with E-state index < -0.39 is 5.91 Å². The van der Waals surface area contributed by atoms with Crippen LogP contribution < -0.4 is 11.1 Å². The van der Waals surface area contributed by atoms with Gasteiger partial charge in [0.25, 0.3) is 0 Å². The van der Waals surface area contributed by atoms with Crippen molar-refractivity contribution in [1.82, 2.24) is 9.55 Å². The molecular formula is C17H22N4O3. The van der Waals surface area contributed by atoms with Crippen molar-refractivity contribution in [3.8, 4) is 0 Å². The van der Waals surface area contributed by atoms with Crippen molar-refractivity contribution in [3.63, 3.8) is 0 Å². The number of carbonyl (C=O) groups excluding carboxylic acids is 2.